The summed E-state index contributed by atoms with van der Waals surface area (Å²) in [6, 6.07) is 0.105. The maximum Gasteiger partial charge on any atom is 0.0768 e. The van der Waals surface area contributed by atoms with Gasteiger partial charge in [0.15, 0.2) is 0 Å². The molecule has 14 heavy (non-hydrogen) atoms. The summed E-state index contributed by atoms with van der Waals surface area (Å²) in [5, 5.41) is 13.2. The van der Waals surface area contributed by atoms with E-state index in [0.29, 0.717) is 25.0 Å². The van der Waals surface area contributed by atoms with Crippen LogP contribution >= 0.6 is 0 Å². The van der Waals surface area contributed by atoms with E-state index in [1.807, 2.05) is 7.05 Å². The summed E-state index contributed by atoms with van der Waals surface area (Å²) in [7, 11) is 1.88. The van der Waals surface area contributed by atoms with Gasteiger partial charge in [-0.2, -0.15) is 0 Å². The highest BCUT2D eigenvalue weighted by molar-refractivity contribution is 4.86. The van der Waals surface area contributed by atoms with Gasteiger partial charge in [-0.15, -0.1) is 0 Å². The fraction of sp³-hybridized carbons (Fsp3) is 1.00. The van der Waals surface area contributed by atoms with Gasteiger partial charge in [-0.25, -0.2) is 0 Å². The molecule has 1 saturated heterocycles. The van der Waals surface area contributed by atoms with E-state index in [-0.39, 0.29) is 12.1 Å². The van der Waals surface area contributed by atoms with Crippen molar-refractivity contribution in [2.24, 2.45) is 11.8 Å². The summed E-state index contributed by atoms with van der Waals surface area (Å²) >= 11 is 0. The highest BCUT2D eigenvalue weighted by atomic mass is 16.5. The minimum Gasteiger partial charge on any atom is -0.391 e. The average molecular weight is 201 g/mol. The zero-order valence-electron chi connectivity index (χ0n) is 9.49. The van der Waals surface area contributed by atoms with Crippen molar-refractivity contribution < 1.29 is 9.84 Å². The van der Waals surface area contributed by atoms with E-state index in [1.165, 1.54) is 12.8 Å². The topological polar surface area (TPSA) is 41.5 Å². The Balaban J connectivity index is 2.50. The van der Waals surface area contributed by atoms with Gasteiger partial charge in [0.25, 0.3) is 0 Å². The van der Waals surface area contributed by atoms with E-state index in [0.717, 1.165) is 0 Å². The summed E-state index contributed by atoms with van der Waals surface area (Å²) in [4.78, 5) is 0. The van der Waals surface area contributed by atoms with Gasteiger partial charge in [0, 0.05) is 5.92 Å². The maximum absolute atomic E-state index is 10.1. The van der Waals surface area contributed by atoms with Crippen LogP contribution in [0, 0.1) is 11.8 Å². The normalized spacial score (nSPS) is 35.6. The predicted molar refractivity (Wildman–Crippen MR) is 57.2 cm³/mol. The third kappa shape index (κ3) is 2.69. The monoisotopic (exact) mass is 201 g/mol. The second kappa shape index (κ2) is 5.69. The van der Waals surface area contributed by atoms with Gasteiger partial charge >= 0.3 is 0 Å². The third-order valence-corrected chi connectivity index (χ3v) is 3.30. The lowest BCUT2D eigenvalue weighted by atomic mass is 9.82. The van der Waals surface area contributed by atoms with Crippen molar-refractivity contribution in [3.05, 3.63) is 0 Å². The Labute approximate surface area is 86.8 Å². The molecule has 0 aromatic rings. The van der Waals surface area contributed by atoms with Crippen molar-refractivity contribution in [3.63, 3.8) is 0 Å². The molecule has 0 aromatic heterocycles. The number of hydrogen-bond donors (Lipinski definition) is 2. The van der Waals surface area contributed by atoms with E-state index >= 15 is 0 Å². The highest BCUT2D eigenvalue weighted by Gasteiger charge is 2.34. The van der Waals surface area contributed by atoms with Crippen molar-refractivity contribution in [1.29, 1.82) is 0 Å². The Bertz CT molecular complexity index is 163. The Morgan fingerprint density at radius 3 is 2.79 bits per heavy atom. The van der Waals surface area contributed by atoms with Gasteiger partial charge in [-0.05, 0) is 13.0 Å². The number of nitrogens with one attached hydrogen (secondary N) is 1. The summed E-state index contributed by atoms with van der Waals surface area (Å²) in [5.41, 5.74) is 0. The van der Waals surface area contributed by atoms with Crippen LogP contribution in [-0.2, 0) is 4.74 Å². The summed E-state index contributed by atoms with van der Waals surface area (Å²) in [6.07, 6.45) is 2.09. The molecule has 1 aliphatic rings. The Morgan fingerprint density at radius 2 is 2.21 bits per heavy atom. The Hall–Kier alpha value is -0.120. The Morgan fingerprint density at radius 1 is 1.50 bits per heavy atom. The molecule has 0 aliphatic carbocycles. The molecule has 0 saturated carbocycles. The highest BCUT2D eigenvalue weighted by Crippen LogP contribution is 2.26. The second-order valence-electron chi connectivity index (χ2n) is 4.35. The molecule has 1 rings (SSSR count). The average Bonchev–Trinajstić information content (AvgIpc) is 2.18. The number of rotatable bonds is 4. The predicted octanol–water partition coefficient (Wildman–Crippen LogP) is 1.02. The van der Waals surface area contributed by atoms with Crippen molar-refractivity contribution in [2.45, 2.75) is 38.8 Å². The molecule has 1 unspecified atom stereocenters. The van der Waals surface area contributed by atoms with Crippen LogP contribution in [0.5, 0.6) is 0 Å². The number of likely N-dealkylation sites (N-methyl/N-ethyl adjacent to an activating group) is 1. The lowest BCUT2D eigenvalue weighted by molar-refractivity contribution is -0.0773. The molecular formula is C11H23NO2. The number of hydrogen-bond acceptors (Lipinski definition) is 3. The quantitative estimate of drug-likeness (QED) is 0.713. The van der Waals surface area contributed by atoms with Gasteiger partial charge in [-0.1, -0.05) is 26.7 Å². The fourth-order valence-electron chi connectivity index (χ4n) is 2.25. The third-order valence-electron chi connectivity index (χ3n) is 3.30. The van der Waals surface area contributed by atoms with Crippen molar-refractivity contribution in [3.8, 4) is 0 Å². The first-order valence-corrected chi connectivity index (χ1v) is 5.63. The molecular weight excluding hydrogens is 178 g/mol. The molecule has 0 bridgehead atoms. The molecule has 3 heteroatoms. The van der Waals surface area contributed by atoms with Gasteiger partial charge in [-0.3, -0.25) is 0 Å². The van der Waals surface area contributed by atoms with Crippen LogP contribution in [0.4, 0.5) is 0 Å². The van der Waals surface area contributed by atoms with Crippen LogP contribution in [0.3, 0.4) is 0 Å². The molecule has 0 aromatic carbocycles. The van der Waals surface area contributed by atoms with Gasteiger partial charge < -0.3 is 15.2 Å². The van der Waals surface area contributed by atoms with E-state index in [4.69, 9.17) is 4.74 Å². The van der Waals surface area contributed by atoms with E-state index < -0.39 is 0 Å². The van der Waals surface area contributed by atoms with Crippen molar-refractivity contribution in [1.82, 2.24) is 5.32 Å². The minimum atomic E-state index is -0.254. The first-order chi connectivity index (χ1) is 6.70. The van der Waals surface area contributed by atoms with E-state index in [2.05, 4.69) is 19.2 Å². The van der Waals surface area contributed by atoms with Gasteiger partial charge in [0.1, 0.15) is 0 Å². The number of ether oxygens (including phenoxy) is 1. The lowest BCUT2D eigenvalue weighted by Gasteiger charge is -2.37. The molecule has 1 fully saturated rings. The molecule has 1 heterocycles. The smallest absolute Gasteiger partial charge is 0.0768 e. The standard InChI is InChI=1S/C11H23NO2/c1-4-5-8(2)9-6-14-7-10(12-3)11(9)13/h8-13H,4-7H2,1-3H3/t8-,9?,10+,11+/m0/s1. The summed E-state index contributed by atoms with van der Waals surface area (Å²) < 4.78 is 5.50. The second-order valence-corrected chi connectivity index (χ2v) is 4.35. The zero-order chi connectivity index (χ0) is 10.6. The first kappa shape index (κ1) is 12.0. The van der Waals surface area contributed by atoms with Crippen LogP contribution in [-0.4, -0.2) is 37.5 Å². The molecule has 0 spiro atoms. The fourth-order valence-corrected chi connectivity index (χ4v) is 2.25. The lowest BCUT2D eigenvalue weighted by Crippen LogP contribution is -2.52. The van der Waals surface area contributed by atoms with Crippen LogP contribution in [0.25, 0.3) is 0 Å². The largest absolute Gasteiger partial charge is 0.391 e. The molecule has 3 nitrogen and oxygen atoms in total. The molecule has 84 valence electrons. The van der Waals surface area contributed by atoms with E-state index in [9.17, 15) is 5.11 Å². The summed E-state index contributed by atoms with van der Waals surface area (Å²) in [5.74, 6) is 0.840. The van der Waals surface area contributed by atoms with Crippen molar-refractivity contribution >= 4 is 0 Å². The SMILES string of the molecule is CCC[C@H](C)C1COC[C@@H](NC)[C@@H]1O. The van der Waals surface area contributed by atoms with Gasteiger partial charge in [0.2, 0.25) is 0 Å². The van der Waals surface area contributed by atoms with E-state index in [1.54, 1.807) is 0 Å². The van der Waals surface area contributed by atoms with Gasteiger partial charge in [0.05, 0.1) is 25.4 Å². The minimum absolute atomic E-state index is 0.105. The van der Waals surface area contributed by atoms with Crippen molar-refractivity contribution in [2.75, 3.05) is 20.3 Å². The first-order valence-electron chi connectivity index (χ1n) is 5.63. The Kier molecular flexibility index (Phi) is 4.85. The van der Waals surface area contributed by atoms with Crippen LogP contribution < -0.4 is 5.32 Å². The number of aliphatic hydroxyl groups is 1. The molecule has 0 radical (unpaired) electrons. The van der Waals surface area contributed by atoms with Crippen LogP contribution in [0.1, 0.15) is 26.7 Å². The zero-order valence-corrected chi connectivity index (χ0v) is 9.49. The summed E-state index contributed by atoms with van der Waals surface area (Å²) in [6.45, 7) is 5.73. The number of aliphatic hydroxyl groups excluding tert-OH is 1. The molecule has 1 aliphatic heterocycles. The molecule has 0 amide bonds. The molecule has 4 atom stereocenters. The maximum atomic E-state index is 10.1. The van der Waals surface area contributed by atoms with Crippen LogP contribution in [0.15, 0.2) is 0 Å². The molecule has 2 N–H and O–H groups in total. The van der Waals surface area contributed by atoms with Crippen LogP contribution in [0.2, 0.25) is 0 Å².